The van der Waals surface area contributed by atoms with E-state index < -0.39 is 0 Å². The highest BCUT2D eigenvalue weighted by atomic mass is 16.2. The van der Waals surface area contributed by atoms with E-state index >= 15 is 0 Å². The maximum atomic E-state index is 12.2. The number of amides is 1. The van der Waals surface area contributed by atoms with E-state index in [1.807, 2.05) is 57.2 Å². The summed E-state index contributed by atoms with van der Waals surface area (Å²) in [5.41, 5.74) is 2.30. The SMILES string of the molecule is CC(C)NC(=O)[C@H](C)NC(c1ccccc1)c1ccccc1. The van der Waals surface area contributed by atoms with Crippen molar-refractivity contribution in [2.75, 3.05) is 0 Å². The first-order valence-electron chi connectivity index (χ1n) is 7.74. The molecule has 0 heterocycles. The molecule has 3 heteroatoms. The predicted octanol–water partition coefficient (Wildman–Crippen LogP) is 3.28. The zero-order valence-electron chi connectivity index (χ0n) is 13.4. The van der Waals surface area contributed by atoms with Crippen molar-refractivity contribution in [3.05, 3.63) is 71.8 Å². The lowest BCUT2D eigenvalue weighted by Crippen LogP contribution is -2.46. The molecule has 2 aromatic carbocycles. The van der Waals surface area contributed by atoms with Crippen LogP contribution in [0.2, 0.25) is 0 Å². The molecule has 0 radical (unpaired) electrons. The second kappa shape index (κ2) is 7.76. The van der Waals surface area contributed by atoms with Crippen molar-refractivity contribution in [3.8, 4) is 0 Å². The van der Waals surface area contributed by atoms with Crippen LogP contribution in [0.25, 0.3) is 0 Å². The Morgan fingerprint density at radius 3 is 1.68 bits per heavy atom. The summed E-state index contributed by atoms with van der Waals surface area (Å²) in [5, 5.41) is 6.39. The largest absolute Gasteiger partial charge is 0.353 e. The maximum Gasteiger partial charge on any atom is 0.237 e. The van der Waals surface area contributed by atoms with Crippen LogP contribution < -0.4 is 10.6 Å². The molecule has 0 aromatic heterocycles. The normalized spacial score (nSPS) is 12.4. The second-order valence-electron chi connectivity index (χ2n) is 5.81. The van der Waals surface area contributed by atoms with Gasteiger partial charge in [0, 0.05) is 6.04 Å². The molecule has 0 saturated heterocycles. The van der Waals surface area contributed by atoms with Crippen LogP contribution in [0.15, 0.2) is 60.7 Å². The van der Waals surface area contributed by atoms with Crippen LogP contribution in [0.4, 0.5) is 0 Å². The van der Waals surface area contributed by atoms with Crippen LogP contribution in [0, 0.1) is 0 Å². The third-order valence-corrected chi connectivity index (χ3v) is 3.51. The van der Waals surface area contributed by atoms with Gasteiger partial charge in [-0.05, 0) is 31.9 Å². The Hall–Kier alpha value is -2.13. The van der Waals surface area contributed by atoms with Crippen LogP contribution in [0.1, 0.15) is 37.9 Å². The quantitative estimate of drug-likeness (QED) is 0.859. The predicted molar refractivity (Wildman–Crippen MR) is 90.6 cm³/mol. The van der Waals surface area contributed by atoms with E-state index in [0.717, 1.165) is 11.1 Å². The highest BCUT2D eigenvalue weighted by molar-refractivity contribution is 5.81. The lowest BCUT2D eigenvalue weighted by atomic mass is 9.98. The summed E-state index contributed by atoms with van der Waals surface area (Å²) in [4.78, 5) is 12.2. The standard InChI is InChI=1S/C19H24N2O/c1-14(2)20-19(22)15(3)21-18(16-10-6-4-7-11-16)17-12-8-5-9-13-17/h4-15,18,21H,1-3H3,(H,20,22)/t15-/m0/s1. The summed E-state index contributed by atoms with van der Waals surface area (Å²) in [6.07, 6.45) is 0. The Morgan fingerprint density at radius 2 is 1.27 bits per heavy atom. The minimum Gasteiger partial charge on any atom is -0.353 e. The Balaban J connectivity index is 2.21. The smallest absolute Gasteiger partial charge is 0.237 e. The molecule has 3 nitrogen and oxygen atoms in total. The molecule has 22 heavy (non-hydrogen) atoms. The average molecular weight is 296 g/mol. The Labute approximate surface area is 132 Å². The van der Waals surface area contributed by atoms with Crippen LogP contribution >= 0.6 is 0 Å². The number of carbonyl (C=O) groups excluding carboxylic acids is 1. The molecule has 0 aliphatic carbocycles. The molecule has 0 fully saturated rings. The Morgan fingerprint density at radius 1 is 0.818 bits per heavy atom. The van der Waals surface area contributed by atoms with Crippen LogP contribution in [-0.4, -0.2) is 18.0 Å². The van der Waals surface area contributed by atoms with Crippen LogP contribution in [0.3, 0.4) is 0 Å². The zero-order valence-corrected chi connectivity index (χ0v) is 13.4. The molecule has 1 atom stereocenters. The van der Waals surface area contributed by atoms with Gasteiger partial charge in [0.25, 0.3) is 0 Å². The summed E-state index contributed by atoms with van der Waals surface area (Å²) in [6.45, 7) is 5.84. The molecular formula is C19H24N2O. The fourth-order valence-electron chi connectivity index (χ4n) is 2.41. The van der Waals surface area contributed by atoms with Crippen molar-refractivity contribution in [3.63, 3.8) is 0 Å². The molecule has 0 unspecified atom stereocenters. The van der Waals surface area contributed by atoms with Gasteiger partial charge >= 0.3 is 0 Å². The van der Waals surface area contributed by atoms with Crippen molar-refractivity contribution >= 4 is 5.91 Å². The number of rotatable bonds is 6. The minimum atomic E-state index is -0.271. The molecular weight excluding hydrogens is 272 g/mol. The van der Waals surface area contributed by atoms with Gasteiger partial charge in [-0.3, -0.25) is 10.1 Å². The lowest BCUT2D eigenvalue weighted by molar-refractivity contribution is -0.123. The number of hydrogen-bond acceptors (Lipinski definition) is 2. The number of benzene rings is 2. The van der Waals surface area contributed by atoms with Gasteiger partial charge in [-0.15, -0.1) is 0 Å². The maximum absolute atomic E-state index is 12.2. The molecule has 116 valence electrons. The Bertz CT molecular complexity index is 541. The highest BCUT2D eigenvalue weighted by Gasteiger charge is 2.20. The number of carbonyl (C=O) groups is 1. The van der Waals surface area contributed by atoms with Gasteiger partial charge in [0.05, 0.1) is 12.1 Å². The van der Waals surface area contributed by atoms with E-state index in [1.54, 1.807) is 0 Å². The summed E-state index contributed by atoms with van der Waals surface area (Å²) < 4.78 is 0. The Kier molecular flexibility index (Phi) is 5.73. The van der Waals surface area contributed by atoms with E-state index in [2.05, 4.69) is 34.9 Å². The van der Waals surface area contributed by atoms with E-state index in [4.69, 9.17) is 0 Å². The fraction of sp³-hybridized carbons (Fsp3) is 0.316. The molecule has 0 spiro atoms. The molecule has 2 N–H and O–H groups in total. The summed E-state index contributed by atoms with van der Waals surface area (Å²) in [5.74, 6) is 0.0202. The lowest BCUT2D eigenvalue weighted by Gasteiger charge is -2.24. The van der Waals surface area contributed by atoms with Crippen molar-refractivity contribution in [2.45, 2.75) is 38.9 Å². The average Bonchev–Trinajstić information content (AvgIpc) is 2.53. The molecule has 0 saturated carbocycles. The fourth-order valence-corrected chi connectivity index (χ4v) is 2.41. The van der Waals surface area contributed by atoms with Gasteiger partial charge in [0.2, 0.25) is 5.91 Å². The zero-order chi connectivity index (χ0) is 15.9. The summed E-state index contributed by atoms with van der Waals surface area (Å²) in [6, 6.07) is 20.3. The third kappa shape index (κ3) is 4.43. The first-order chi connectivity index (χ1) is 10.6. The van der Waals surface area contributed by atoms with E-state index in [9.17, 15) is 4.79 Å². The number of nitrogens with one attached hydrogen (secondary N) is 2. The van der Waals surface area contributed by atoms with Crippen molar-refractivity contribution in [2.24, 2.45) is 0 Å². The van der Waals surface area contributed by atoms with Gasteiger partial charge in [0.1, 0.15) is 0 Å². The first kappa shape index (κ1) is 16.2. The topological polar surface area (TPSA) is 41.1 Å². The molecule has 2 aromatic rings. The van der Waals surface area contributed by atoms with Gasteiger partial charge < -0.3 is 5.32 Å². The summed E-state index contributed by atoms with van der Waals surface area (Å²) >= 11 is 0. The van der Waals surface area contributed by atoms with Crippen LogP contribution in [0.5, 0.6) is 0 Å². The molecule has 0 aliphatic rings. The van der Waals surface area contributed by atoms with Gasteiger partial charge in [-0.1, -0.05) is 60.7 Å². The van der Waals surface area contributed by atoms with E-state index in [1.165, 1.54) is 0 Å². The van der Waals surface area contributed by atoms with Crippen molar-refractivity contribution in [1.82, 2.24) is 10.6 Å². The summed E-state index contributed by atoms with van der Waals surface area (Å²) in [7, 11) is 0. The van der Waals surface area contributed by atoms with Crippen molar-refractivity contribution < 1.29 is 4.79 Å². The van der Waals surface area contributed by atoms with E-state index in [0.29, 0.717) is 0 Å². The first-order valence-corrected chi connectivity index (χ1v) is 7.74. The second-order valence-corrected chi connectivity index (χ2v) is 5.81. The highest BCUT2D eigenvalue weighted by Crippen LogP contribution is 2.22. The monoisotopic (exact) mass is 296 g/mol. The molecule has 2 rings (SSSR count). The molecule has 0 aliphatic heterocycles. The molecule has 0 bridgehead atoms. The van der Waals surface area contributed by atoms with Gasteiger partial charge in [0.15, 0.2) is 0 Å². The minimum absolute atomic E-state index is 0.00434. The third-order valence-electron chi connectivity index (χ3n) is 3.51. The van der Waals surface area contributed by atoms with Crippen LogP contribution in [-0.2, 0) is 4.79 Å². The van der Waals surface area contributed by atoms with Gasteiger partial charge in [-0.25, -0.2) is 0 Å². The molecule has 1 amide bonds. The van der Waals surface area contributed by atoms with E-state index in [-0.39, 0.29) is 24.0 Å². The van der Waals surface area contributed by atoms with Gasteiger partial charge in [-0.2, -0.15) is 0 Å². The van der Waals surface area contributed by atoms with Crippen molar-refractivity contribution in [1.29, 1.82) is 0 Å². The number of hydrogen-bond donors (Lipinski definition) is 2.